The Bertz CT molecular complexity index is 1150. The normalized spacial score (nSPS) is 21.2. The van der Waals surface area contributed by atoms with Crippen LogP contribution in [0.3, 0.4) is 0 Å². The van der Waals surface area contributed by atoms with E-state index in [4.69, 9.17) is 4.74 Å². The third-order valence-corrected chi connectivity index (χ3v) is 6.76. The minimum atomic E-state index is -0.621. The van der Waals surface area contributed by atoms with Crippen molar-refractivity contribution in [2.75, 3.05) is 5.32 Å². The first-order valence-corrected chi connectivity index (χ1v) is 11.5. The van der Waals surface area contributed by atoms with E-state index in [-0.39, 0.29) is 5.92 Å². The number of aromatic nitrogens is 2. The summed E-state index contributed by atoms with van der Waals surface area (Å²) < 4.78 is 7.31. The minimum absolute atomic E-state index is 0.257. The SMILES string of the molecule is C[C@@]1(O)CCCC(c2cccnc2Oc2ccc(Nc3nc4ccccc4s3)cc2)C1. The van der Waals surface area contributed by atoms with Crippen molar-refractivity contribution in [3.05, 3.63) is 72.4 Å². The lowest BCUT2D eigenvalue weighted by molar-refractivity contribution is 0.0142. The van der Waals surface area contributed by atoms with Gasteiger partial charge in [0.15, 0.2) is 5.13 Å². The standard InChI is InChI=1S/C25H25N3O2S/c1-25(29)14-4-6-17(16-25)20-7-5-15-26-23(20)30-19-12-10-18(11-13-19)27-24-28-21-8-2-3-9-22(21)31-24/h2-3,5,7-13,15,17,29H,4,6,14,16H2,1H3,(H,27,28)/t17?,25-/m1/s1. The van der Waals surface area contributed by atoms with E-state index in [0.717, 1.165) is 58.0 Å². The van der Waals surface area contributed by atoms with Gasteiger partial charge in [0, 0.05) is 17.4 Å². The Morgan fingerprint density at radius 3 is 2.74 bits per heavy atom. The highest BCUT2D eigenvalue weighted by Crippen LogP contribution is 2.41. The molecule has 0 bridgehead atoms. The lowest BCUT2D eigenvalue weighted by Crippen LogP contribution is -2.30. The van der Waals surface area contributed by atoms with Crippen LogP contribution in [-0.2, 0) is 0 Å². The Hall–Kier alpha value is -2.96. The molecule has 1 saturated carbocycles. The molecule has 0 aliphatic heterocycles. The number of thiazole rings is 1. The molecule has 2 aromatic carbocycles. The Morgan fingerprint density at radius 1 is 1.10 bits per heavy atom. The van der Waals surface area contributed by atoms with Crippen molar-refractivity contribution in [1.29, 1.82) is 0 Å². The van der Waals surface area contributed by atoms with Crippen LogP contribution in [0.2, 0.25) is 0 Å². The van der Waals surface area contributed by atoms with Crippen molar-refractivity contribution in [2.24, 2.45) is 0 Å². The predicted molar refractivity (Wildman–Crippen MR) is 125 cm³/mol. The number of rotatable bonds is 5. The molecule has 5 rings (SSSR count). The number of nitrogens with zero attached hydrogens (tertiary/aromatic N) is 2. The first kappa shape index (κ1) is 20.0. The lowest BCUT2D eigenvalue weighted by Gasteiger charge is -2.34. The van der Waals surface area contributed by atoms with Gasteiger partial charge in [-0.1, -0.05) is 29.5 Å². The van der Waals surface area contributed by atoms with Crippen molar-refractivity contribution in [3.63, 3.8) is 0 Å². The molecule has 2 N–H and O–H groups in total. The average molecular weight is 432 g/mol. The van der Waals surface area contributed by atoms with E-state index in [1.807, 2.05) is 55.5 Å². The van der Waals surface area contributed by atoms with Gasteiger partial charge in [0.2, 0.25) is 5.88 Å². The summed E-state index contributed by atoms with van der Waals surface area (Å²) in [5.74, 6) is 1.61. The number of para-hydroxylation sites is 1. The molecule has 31 heavy (non-hydrogen) atoms. The predicted octanol–water partition coefficient (Wildman–Crippen LogP) is 6.64. The van der Waals surface area contributed by atoms with Crippen molar-refractivity contribution in [2.45, 2.75) is 44.1 Å². The van der Waals surface area contributed by atoms with E-state index < -0.39 is 5.60 Å². The molecule has 0 saturated heterocycles. The third kappa shape index (κ3) is 4.55. The molecule has 4 aromatic rings. The maximum absolute atomic E-state index is 10.5. The van der Waals surface area contributed by atoms with Crippen LogP contribution in [0, 0.1) is 0 Å². The molecular formula is C25H25N3O2S. The van der Waals surface area contributed by atoms with Gasteiger partial charge in [-0.05, 0) is 81.0 Å². The second kappa shape index (κ2) is 8.29. The van der Waals surface area contributed by atoms with Crippen LogP contribution in [0.15, 0.2) is 66.9 Å². The molecular weight excluding hydrogens is 406 g/mol. The zero-order chi connectivity index (χ0) is 21.3. The highest BCUT2D eigenvalue weighted by Gasteiger charge is 2.32. The van der Waals surface area contributed by atoms with Crippen LogP contribution in [0.25, 0.3) is 10.2 Å². The number of anilines is 2. The summed E-state index contributed by atoms with van der Waals surface area (Å²) in [7, 11) is 0. The minimum Gasteiger partial charge on any atom is -0.439 e. The number of ether oxygens (including phenoxy) is 1. The molecule has 1 fully saturated rings. The highest BCUT2D eigenvalue weighted by atomic mass is 32.1. The summed E-state index contributed by atoms with van der Waals surface area (Å²) in [6.07, 6.45) is 5.40. The largest absolute Gasteiger partial charge is 0.439 e. The topological polar surface area (TPSA) is 67.3 Å². The number of hydrogen-bond acceptors (Lipinski definition) is 6. The second-order valence-corrected chi connectivity index (χ2v) is 9.46. The van der Waals surface area contributed by atoms with Crippen molar-refractivity contribution in [1.82, 2.24) is 9.97 Å². The Morgan fingerprint density at radius 2 is 1.94 bits per heavy atom. The molecule has 2 atom stereocenters. The molecule has 2 aromatic heterocycles. The molecule has 1 aliphatic rings. The molecule has 1 unspecified atom stereocenters. The molecule has 5 nitrogen and oxygen atoms in total. The number of benzene rings is 2. The first-order chi connectivity index (χ1) is 15.1. The van der Waals surface area contributed by atoms with E-state index in [9.17, 15) is 5.11 Å². The van der Waals surface area contributed by atoms with Crippen molar-refractivity contribution in [3.8, 4) is 11.6 Å². The second-order valence-electron chi connectivity index (χ2n) is 8.43. The Labute approximate surface area is 185 Å². The van der Waals surface area contributed by atoms with Gasteiger partial charge in [0.05, 0.1) is 15.8 Å². The monoisotopic (exact) mass is 431 g/mol. The van der Waals surface area contributed by atoms with Gasteiger partial charge in [-0.15, -0.1) is 0 Å². The van der Waals surface area contributed by atoms with Gasteiger partial charge in [0.25, 0.3) is 0 Å². The van der Waals surface area contributed by atoms with Gasteiger partial charge >= 0.3 is 0 Å². The quantitative estimate of drug-likeness (QED) is 0.371. The number of aliphatic hydroxyl groups is 1. The summed E-state index contributed by atoms with van der Waals surface area (Å²) in [5, 5.41) is 14.7. The van der Waals surface area contributed by atoms with Crippen LogP contribution in [0.4, 0.5) is 10.8 Å². The van der Waals surface area contributed by atoms with Crippen molar-refractivity contribution < 1.29 is 9.84 Å². The maximum atomic E-state index is 10.5. The summed E-state index contributed by atoms with van der Waals surface area (Å²) >= 11 is 1.63. The van der Waals surface area contributed by atoms with Crippen LogP contribution in [-0.4, -0.2) is 20.7 Å². The van der Waals surface area contributed by atoms with Gasteiger partial charge in [-0.2, -0.15) is 0 Å². The molecule has 0 spiro atoms. The molecule has 2 heterocycles. The zero-order valence-corrected chi connectivity index (χ0v) is 18.2. The highest BCUT2D eigenvalue weighted by molar-refractivity contribution is 7.22. The fourth-order valence-corrected chi connectivity index (χ4v) is 5.18. The van der Waals surface area contributed by atoms with Crippen molar-refractivity contribution >= 4 is 32.4 Å². The first-order valence-electron chi connectivity index (χ1n) is 10.6. The molecule has 158 valence electrons. The molecule has 0 radical (unpaired) electrons. The van der Waals surface area contributed by atoms with Crippen LogP contribution >= 0.6 is 11.3 Å². The van der Waals surface area contributed by atoms with Crippen LogP contribution < -0.4 is 10.1 Å². The summed E-state index contributed by atoms with van der Waals surface area (Å²) in [4.78, 5) is 9.10. The summed E-state index contributed by atoms with van der Waals surface area (Å²) in [6.45, 7) is 1.92. The zero-order valence-electron chi connectivity index (χ0n) is 17.4. The van der Waals surface area contributed by atoms with Gasteiger partial charge < -0.3 is 15.2 Å². The summed E-state index contributed by atoms with van der Waals surface area (Å²) in [5.41, 5.74) is 2.40. The van der Waals surface area contributed by atoms with Crippen LogP contribution in [0.5, 0.6) is 11.6 Å². The van der Waals surface area contributed by atoms with E-state index in [0.29, 0.717) is 5.88 Å². The van der Waals surface area contributed by atoms with Gasteiger partial charge in [-0.25, -0.2) is 9.97 Å². The number of nitrogens with one attached hydrogen (secondary N) is 1. The number of pyridine rings is 1. The van der Waals surface area contributed by atoms with E-state index >= 15 is 0 Å². The maximum Gasteiger partial charge on any atom is 0.222 e. The molecule has 1 aliphatic carbocycles. The number of fused-ring (bicyclic) bond motifs is 1. The van der Waals surface area contributed by atoms with E-state index in [1.54, 1.807) is 17.5 Å². The smallest absolute Gasteiger partial charge is 0.222 e. The van der Waals surface area contributed by atoms with Crippen LogP contribution in [0.1, 0.15) is 44.1 Å². The Kier molecular flexibility index (Phi) is 5.34. The van der Waals surface area contributed by atoms with Gasteiger partial charge in [-0.3, -0.25) is 0 Å². The average Bonchev–Trinajstić information content (AvgIpc) is 3.17. The summed E-state index contributed by atoms with van der Waals surface area (Å²) in [6, 6.07) is 20.0. The third-order valence-electron chi connectivity index (χ3n) is 5.81. The lowest BCUT2D eigenvalue weighted by atomic mass is 9.76. The fourth-order valence-electron chi connectivity index (χ4n) is 4.30. The fraction of sp³-hybridized carbons (Fsp3) is 0.280. The molecule has 0 amide bonds. The Balaban J connectivity index is 1.31. The molecule has 6 heteroatoms. The van der Waals surface area contributed by atoms with Gasteiger partial charge in [0.1, 0.15) is 5.75 Å². The van der Waals surface area contributed by atoms with E-state index in [1.165, 1.54) is 0 Å². The van der Waals surface area contributed by atoms with E-state index in [2.05, 4.69) is 27.4 Å². The number of hydrogen-bond donors (Lipinski definition) is 2.